The standard InChI is InChI=1S/C17H17FN4O2/c1-22-15(4-6-19-22)16-13(5-7-24-16)21-17(23)14-9-10-8-11(18)2-3-12(10)20-14/h2-4,6,8-9,13,16,20H,5,7H2,1H3,(H,21,23)/t13-,16-/m0/s1. The van der Waals surface area contributed by atoms with E-state index in [0.717, 1.165) is 17.6 Å². The second kappa shape index (κ2) is 5.76. The van der Waals surface area contributed by atoms with Gasteiger partial charge >= 0.3 is 0 Å². The van der Waals surface area contributed by atoms with Gasteiger partial charge in [-0.15, -0.1) is 0 Å². The molecule has 1 aliphatic rings. The third-order valence-corrected chi connectivity index (χ3v) is 4.39. The molecule has 24 heavy (non-hydrogen) atoms. The van der Waals surface area contributed by atoms with Crippen LogP contribution in [-0.2, 0) is 11.8 Å². The molecule has 1 amide bonds. The van der Waals surface area contributed by atoms with E-state index >= 15 is 0 Å². The highest BCUT2D eigenvalue weighted by Crippen LogP contribution is 2.29. The second-order valence-electron chi connectivity index (χ2n) is 5.95. The summed E-state index contributed by atoms with van der Waals surface area (Å²) in [6.07, 6.45) is 2.22. The molecule has 6 nitrogen and oxygen atoms in total. The van der Waals surface area contributed by atoms with Crippen LogP contribution in [0.15, 0.2) is 36.5 Å². The molecule has 4 rings (SSSR count). The first kappa shape index (κ1) is 14.9. The number of halogens is 1. The maximum absolute atomic E-state index is 13.3. The maximum atomic E-state index is 13.3. The highest BCUT2D eigenvalue weighted by atomic mass is 19.1. The molecule has 2 N–H and O–H groups in total. The first-order valence-electron chi connectivity index (χ1n) is 7.80. The fourth-order valence-electron chi connectivity index (χ4n) is 3.16. The number of aromatic amines is 1. The van der Waals surface area contributed by atoms with E-state index in [2.05, 4.69) is 15.4 Å². The highest BCUT2D eigenvalue weighted by Gasteiger charge is 2.33. The molecule has 0 unspecified atom stereocenters. The first-order chi connectivity index (χ1) is 11.6. The van der Waals surface area contributed by atoms with Crippen LogP contribution in [0.4, 0.5) is 4.39 Å². The Hall–Kier alpha value is -2.67. The molecule has 1 fully saturated rings. The molecule has 7 heteroatoms. The van der Waals surface area contributed by atoms with E-state index in [9.17, 15) is 9.18 Å². The number of hydrogen-bond acceptors (Lipinski definition) is 3. The highest BCUT2D eigenvalue weighted by molar-refractivity contribution is 5.98. The minimum absolute atomic E-state index is 0.129. The van der Waals surface area contributed by atoms with Crippen molar-refractivity contribution < 1.29 is 13.9 Å². The summed E-state index contributed by atoms with van der Waals surface area (Å²) >= 11 is 0. The van der Waals surface area contributed by atoms with Crippen molar-refractivity contribution in [2.45, 2.75) is 18.6 Å². The smallest absolute Gasteiger partial charge is 0.268 e. The monoisotopic (exact) mass is 328 g/mol. The minimum Gasteiger partial charge on any atom is -0.370 e. The molecule has 1 saturated heterocycles. The first-order valence-corrected chi connectivity index (χ1v) is 7.80. The van der Waals surface area contributed by atoms with E-state index in [0.29, 0.717) is 17.7 Å². The van der Waals surface area contributed by atoms with Gasteiger partial charge in [0.1, 0.15) is 17.6 Å². The van der Waals surface area contributed by atoms with Crippen molar-refractivity contribution in [1.29, 1.82) is 0 Å². The third-order valence-electron chi connectivity index (χ3n) is 4.39. The predicted molar refractivity (Wildman–Crippen MR) is 86.0 cm³/mol. The summed E-state index contributed by atoms with van der Waals surface area (Å²) in [5.74, 6) is -0.553. The molecular formula is C17H17FN4O2. The van der Waals surface area contributed by atoms with Gasteiger partial charge in [-0.05, 0) is 36.8 Å². The molecule has 2 aromatic heterocycles. The maximum Gasteiger partial charge on any atom is 0.268 e. The largest absolute Gasteiger partial charge is 0.370 e. The van der Waals surface area contributed by atoms with Gasteiger partial charge in [0.2, 0.25) is 0 Å². The van der Waals surface area contributed by atoms with Gasteiger partial charge in [-0.3, -0.25) is 9.48 Å². The van der Waals surface area contributed by atoms with Crippen LogP contribution < -0.4 is 5.32 Å². The number of carbonyl (C=O) groups is 1. The number of aryl methyl sites for hydroxylation is 1. The number of amides is 1. The summed E-state index contributed by atoms with van der Waals surface area (Å²) in [5, 5.41) is 7.83. The number of nitrogens with one attached hydrogen (secondary N) is 2. The average Bonchev–Trinajstić information content (AvgIpc) is 3.25. The Morgan fingerprint density at radius 2 is 2.29 bits per heavy atom. The van der Waals surface area contributed by atoms with Crippen LogP contribution in [0.2, 0.25) is 0 Å². The minimum atomic E-state index is -0.325. The summed E-state index contributed by atoms with van der Waals surface area (Å²) in [4.78, 5) is 15.6. The van der Waals surface area contributed by atoms with Crippen molar-refractivity contribution >= 4 is 16.8 Å². The lowest BCUT2D eigenvalue weighted by molar-refractivity contribution is 0.0790. The van der Waals surface area contributed by atoms with Gasteiger partial charge in [0, 0.05) is 30.8 Å². The zero-order valence-corrected chi connectivity index (χ0v) is 13.1. The van der Waals surface area contributed by atoms with Gasteiger partial charge in [-0.1, -0.05) is 0 Å². The number of ether oxygens (including phenoxy) is 1. The van der Waals surface area contributed by atoms with E-state index in [1.807, 2.05) is 13.1 Å². The molecule has 0 bridgehead atoms. The number of benzene rings is 1. The van der Waals surface area contributed by atoms with Crippen molar-refractivity contribution in [3.63, 3.8) is 0 Å². The molecule has 1 aromatic carbocycles. The SMILES string of the molecule is Cn1nccc1[C@H]1OCC[C@@H]1NC(=O)c1cc2cc(F)ccc2[nH]1. The average molecular weight is 328 g/mol. The Bertz CT molecular complexity index is 901. The molecule has 124 valence electrons. The van der Waals surface area contributed by atoms with Gasteiger partial charge in [-0.25, -0.2) is 4.39 Å². The third kappa shape index (κ3) is 2.56. The molecule has 1 aliphatic heterocycles. The Kier molecular flexibility index (Phi) is 3.57. The molecule has 0 saturated carbocycles. The van der Waals surface area contributed by atoms with Crippen LogP contribution in [0.5, 0.6) is 0 Å². The number of nitrogens with zero attached hydrogens (tertiary/aromatic N) is 2. The van der Waals surface area contributed by atoms with E-state index < -0.39 is 0 Å². The van der Waals surface area contributed by atoms with Crippen LogP contribution >= 0.6 is 0 Å². The lowest BCUT2D eigenvalue weighted by Crippen LogP contribution is -2.37. The fourth-order valence-corrected chi connectivity index (χ4v) is 3.16. The summed E-state index contributed by atoms with van der Waals surface area (Å²) in [7, 11) is 1.85. The van der Waals surface area contributed by atoms with E-state index in [-0.39, 0.29) is 23.9 Å². The normalized spacial score (nSPS) is 20.6. The molecule has 0 aliphatic carbocycles. The van der Waals surface area contributed by atoms with Crippen molar-refractivity contribution in [1.82, 2.24) is 20.1 Å². The van der Waals surface area contributed by atoms with Crippen LogP contribution in [0.3, 0.4) is 0 Å². The topological polar surface area (TPSA) is 71.9 Å². The summed E-state index contributed by atoms with van der Waals surface area (Å²) < 4.78 is 20.8. The van der Waals surface area contributed by atoms with E-state index in [4.69, 9.17) is 4.74 Å². The molecule has 3 aromatic rings. The fraction of sp³-hybridized carbons (Fsp3) is 0.294. The number of rotatable bonds is 3. The van der Waals surface area contributed by atoms with Crippen molar-refractivity contribution in [3.05, 3.63) is 53.7 Å². The van der Waals surface area contributed by atoms with Crippen molar-refractivity contribution in [2.75, 3.05) is 6.61 Å². The quantitative estimate of drug-likeness (QED) is 0.775. The zero-order valence-electron chi connectivity index (χ0n) is 13.1. The summed E-state index contributed by atoms with van der Waals surface area (Å²) in [6, 6.07) is 7.81. The van der Waals surface area contributed by atoms with Crippen molar-refractivity contribution in [2.24, 2.45) is 7.05 Å². The van der Waals surface area contributed by atoms with Crippen molar-refractivity contribution in [3.8, 4) is 0 Å². The lowest BCUT2D eigenvalue weighted by Gasteiger charge is -2.19. The Morgan fingerprint density at radius 3 is 3.08 bits per heavy atom. The number of H-pyrrole nitrogens is 1. The van der Waals surface area contributed by atoms with Gasteiger partial charge in [0.15, 0.2) is 0 Å². The second-order valence-corrected chi connectivity index (χ2v) is 5.95. The number of hydrogen-bond donors (Lipinski definition) is 2. The van der Waals surface area contributed by atoms with Gasteiger partial charge < -0.3 is 15.0 Å². The summed E-state index contributed by atoms with van der Waals surface area (Å²) in [6.45, 7) is 0.582. The number of fused-ring (bicyclic) bond motifs is 1. The number of aromatic nitrogens is 3. The number of carbonyl (C=O) groups excluding carboxylic acids is 1. The molecule has 2 atom stereocenters. The van der Waals surface area contributed by atoms with Gasteiger partial charge in [0.05, 0.1) is 11.7 Å². The van der Waals surface area contributed by atoms with E-state index in [1.165, 1.54) is 12.1 Å². The van der Waals surface area contributed by atoms with Crippen LogP contribution in [0, 0.1) is 5.82 Å². The summed E-state index contributed by atoms with van der Waals surface area (Å²) in [5.41, 5.74) is 2.06. The molecular weight excluding hydrogens is 311 g/mol. The molecule has 3 heterocycles. The Balaban J connectivity index is 1.55. The van der Waals surface area contributed by atoms with Crippen LogP contribution in [0.1, 0.15) is 28.7 Å². The van der Waals surface area contributed by atoms with E-state index in [1.54, 1.807) is 23.0 Å². The molecule has 0 radical (unpaired) electrons. The van der Waals surface area contributed by atoms with Crippen LogP contribution in [0.25, 0.3) is 10.9 Å². The molecule has 0 spiro atoms. The van der Waals surface area contributed by atoms with Gasteiger partial charge in [0.25, 0.3) is 5.91 Å². The Labute approximate surface area is 137 Å². The predicted octanol–water partition coefficient (Wildman–Crippen LogP) is 2.30. The van der Waals surface area contributed by atoms with Crippen LogP contribution in [-0.4, -0.2) is 33.3 Å². The zero-order chi connectivity index (χ0) is 16.7. The lowest BCUT2D eigenvalue weighted by atomic mass is 10.1. The van der Waals surface area contributed by atoms with Gasteiger partial charge in [-0.2, -0.15) is 5.10 Å². The Morgan fingerprint density at radius 1 is 1.42 bits per heavy atom.